The average Bonchev–Trinajstić information content (AvgIpc) is 2.98. The van der Waals surface area contributed by atoms with E-state index in [1.807, 2.05) is 6.07 Å². The molecule has 1 amide bonds. The highest BCUT2D eigenvalue weighted by molar-refractivity contribution is 7.89. The van der Waals surface area contributed by atoms with E-state index in [1.54, 1.807) is 18.2 Å². The summed E-state index contributed by atoms with van der Waals surface area (Å²) in [7, 11) is -3.63. The van der Waals surface area contributed by atoms with Crippen LogP contribution >= 0.6 is 11.6 Å². The molecule has 1 aliphatic heterocycles. The number of anilines is 1. The Labute approximate surface area is 169 Å². The number of benzene rings is 2. The van der Waals surface area contributed by atoms with Crippen LogP contribution in [0.2, 0.25) is 5.02 Å². The molecular weight excluding hydrogens is 398 g/mol. The van der Waals surface area contributed by atoms with Crippen LogP contribution < -0.4 is 5.32 Å². The molecule has 1 aliphatic rings. The minimum Gasteiger partial charge on any atom is -0.322 e. The van der Waals surface area contributed by atoms with Crippen LogP contribution in [-0.2, 0) is 10.0 Å². The van der Waals surface area contributed by atoms with E-state index in [0.29, 0.717) is 24.3 Å². The van der Waals surface area contributed by atoms with Gasteiger partial charge >= 0.3 is 0 Å². The summed E-state index contributed by atoms with van der Waals surface area (Å²) < 4.78 is 27.4. The Bertz CT molecular complexity index is 1020. The van der Waals surface area contributed by atoms with Gasteiger partial charge in [-0.25, -0.2) is 8.42 Å². The lowest BCUT2D eigenvalue weighted by molar-refractivity contribution is 0.102. The normalized spacial score (nSPS) is 15.4. The first-order valence-corrected chi connectivity index (χ1v) is 10.8. The Morgan fingerprint density at radius 1 is 1.07 bits per heavy atom. The third-order valence-electron chi connectivity index (χ3n) is 4.65. The number of halogens is 1. The topological polar surface area (TPSA) is 90.3 Å². The molecule has 0 atom stereocenters. The summed E-state index contributed by atoms with van der Waals surface area (Å²) in [5.74, 6) is -0.450. The molecular formula is C20H20ClN3O3S. The quantitative estimate of drug-likeness (QED) is 0.813. The number of hydrogen-bond acceptors (Lipinski definition) is 4. The number of nitrogens with one attached hydrogen (secondary N) is 1. The van der Waals surface area contributed by atoms with E-state index in [9.17, 15) is 13.2 Å². The minimum atomic E-state index is -3.63. The fourth-order valence-corrected chi connectivity index (χ4v) is 4.90. The van der Waals surface area contributed by atoms with Crippen LogP contribution in [-0.4, -0.2) is 31.7 Å². The van der Waals surface area contributed by atoms with E-state index < -0.39 is 15.9 Å². The van der Waals surface area contributed by atoms with Crippen LogP contribution in [0.4, 0.5) is 5.69 Å². The van der Waals surface area contributed by atoms with Gasteiger partial charge in [0.2, 0.25) is 10.0 Å². The zero-order chi connectivity index (χ0) is 20.1. The first-order chi connectivity index (χ1) is 13.4. The Kier molecular flexibility index (Phi) is 6.35. The van der Waals surface area contributed by atoms with E-state index in [-0.39, 0.29) is 15.5 Å². The average molecular weight is 418 g/mol. The Morgan fingerprint density at radius 2 is 1.79 bits per heavy atom. The second-order valence-electron chi connectivity index (χ2n) is 6.61. The van der Waals surface area contributed by atoms with Gasteiger partial charge in [0.25, 0.3) is 5.91 Å². The van der Waals surface area contributed by atoms with Gasteiger partial charge < -0.3 is 5.32 Å². The van der Waals surface area contributed by atoms with Gasteiger partial charge in [0, 0.05) is 24.3 Å². The number of nitriles is 1. The van der Waals surface area contributed by atoms with Crippen LogP contribution in [0.1, 0.15) is 41.6 Å². The van der Waals surface area contributed by atoms with Crippen molar-refractivity contribution in [2.24, 2.45) is 0 Å². The molecule has 2 aromatic carbocycles. The number of hydrogen-bond donors (Lipinski definition) is 1. The van der Waals surface area contributed by atoms with E-state index in [4.69, 9.17) is 16.9 Å². The molecule has 1 fully saturated rings. The lowest BCUT2D eigenvalue weighted by Crippen LogP contribution is -2.32. The molecule has 3 rings (SSSR count). The summed E-state index contributed by atoms with van der Waals surface area (Å²) in [5.41, 5.74) is 0.969. The highest BCUT2D eigenvalue weighted by Crippen LogP contribution is 2.23. The summed E-state index contributed by atoms with van der Waals surface area (Å²) in [4.78, 5) is 12.7. The van der Waals surface area contributed by atoms with Crippen molar-refractivity contribution < 1.29 is 13.2 Å². The SMILES string of the molecule is N#Cc1ccc(NC(=O)c2cccc(S(=O)(=O)N3CCCCCC3)c2)cc1Cl. The van der Waals surface area contributed by atoms with Crippen LogP contribution in [0.3, 0.4) is 0 Å². The number of carbonyl (C=O) groups excluding carboxylic acids is 1. The molecule has 2 aromatic rings. The van der Waals surface area contributed by atoms with Gasteiger partial charge in [-0.05, 0) is 49.2 Å². The molecule has 146 valence electrons. The molecule has 0 aliphatic carbocycles. The Hall–Kier alpha value is -2.40. The Morgan fingerprint density at radius 3 is 2.43 bits per heavy atom. The first kappa shape index (κ1) is 20.3. The fraction of sp³-hybridized carbons (Fsp3) is 0.300. The maximum Gasteiger partial charge on any atom is 0.255 e. The summed E-state index contributed by atoms with van der Waals surface area (Å²) in [6.45, 7) is 1.00. The molecule has 0 spiro atoms. The fourth-order valence-electron chi connectivity index (χ4n) is 3.12. The van der Waals surface area contributed by atoms with E-state index >= 15 is 0 Å². The van der Waals surface area contributed by atoms with Crippen LogP contribution in [0.5, 0.6) is 0 Å². The minimum absolute atomic E-state index is 0.111. The molecule has 0 saturated carbocycles. The Balaban J connectivity index is 1.81. The van der Waals surface area contributed by atoms with Crippen molar-refractivity contribution in [1.82, 2.24) is 4.31 Å². The van der Waals surface area contributed by atoms with Gasteiger partial charge in [-0.3, -0.25) is 4.79 Å². The van der Waals surface area contributed by atoms with Gasteiger partial charge in [0.1, 0.15) is 6.07 Å². The van der Waals surface area contributed by atoms with Crippen molar-refractivity contribution in [3.63, 3.8) is 0 Å². The lowest BCUT2D eigenvalue weighted by atomic mass is 10.2. The van der Waals surface area contributed by atoms with Crippen molar-refractivity contribution in [2.45, 2.75) is 30.6 Å². The van der Waals surface area contributed by atoms with Gasteiger partial charge in [-0.2, -0.15) is 9.57 Å². The van der Waals surface area contributed by atoms with Crippen molar-refractivity contribution in [3.05, 3.63) is 58.6 Å². The summed E-state index contributed by atoms with van der Waals surface area (Å²) in [6.07, 6.45) is 3.75. The summed E-state index contributed by atoms with van der Waals surface area (Å²) in [5, 5.41) is 11.8. The van der Waals surface area contributed by atoms with Gasteiger partial charge in [0.05, 0.1) is 15.5 Å². The van der Waals surface area contributed by atoms with Crippen LogP contribution in [0.25, 0.3) is 0 Å². The number of carbonyl (C=O) groups is 1. The predicted molar refractivity (Wildman–Crippen MR) is 108 cm³/mol. The molecule has 0 bridgehead atoms. The first-order valence-electron chi connectivity index (χ1n) is 9.03. The molecule has 1 N–H and O–H groups in total. The third kappa shape index (κ3) is 4.53. The van der Waals surface area contributed by atoms with E-state index in [0.717, 1.165) is 25.7 Å². The second kappa shape index (κ2) is 8.74. The number of amides is 1. The van der Waals surface area contributed by atoms with Crippen LogP contribution in [0, 0.1) is 11.3 Å². The van der Waals surface area contributed by atoms with Gasteiger partial charge in [0.15, 0.2) is 0 Å². The largest absolute Gasteiger partial charge is 0.322 e. The van der Waals surface area contributed by atoms with Gasteiger partial charge in [-0.15, -0.1) is 0 Å². The number of sulfonamides is 1. The highest BCUT2D eigenvalue weighted by atomic mass is 35.5. The molecule has 8 heteroatoms. The summed E-state index contributed by atoms with van der Waals surface area (Å²) >= 11 is 5.98. The molecule has 6 nitrogen and oxygen atoms in total. The van der Waals surface area contributed by atoms with Crippen molar-refractivity contribution >= 4 is 33.2 Å². The smallest absolute Gasteiger partial charge is 0.255 e. The molecule has 1 saturated heterocycles. The van der Waals surface area contributed by atoms with Crippen molar-refractivity contribution in [2.75, 3.05) is 18.4 Å². The maximum absolute atomic E-state index is 12.9. The van der Waals surface area contributed by atoms with Crippen molar-refractivity contribution in [1.29, 1.82) is 5.26 Å². The van der Waals surface area contributed by atoms with Crippen molar-refractivity contribution in [3.8, 4) is 6.07 Å². The lowest BCUT2D eigenvalue weighted by Gasteiger charge is -2.20. The van der Waals surface area contributed by atoms with Gasteiger partial charge in [-0.1, -0.05) is 30.5 Å². The molecule has 0 radical (unpaired) electrons. The molecule has 0 unspecified atom stereocenters. The van der Waals surface area contributed by atoms with Crippen LogP contribution in [0.15, 0.2) is 47.4 Å². The second-order valence-corrected chi connectivity index (χ2v) is 8.95. The zero-order valence-electron chi connectivity index (χ0n) is 15.2. The maximum atomic E-state index is 12.9. The molecule has 0 aromatic heterocycles. The third-order valence-corrected chi connectivity index (χ3v) is 6.85. The van der Waals surface area contributed by atoms with E-state index in [2.05, 4.69) is 5.32 Å². The monoisotopic (exact) mass is 417 g/mol. The highest BCUT2D eigenvalue weighted by Gasteiger charge is 2.25. The summed E-state index contributed by atoms with van der Waals surface area (Å²) in [6, 6.07) is 12.5. The number of nitrogens with zero attached hydrogens (tertiary/aromatic N) is 2. The zero-order valence-corrected chi connectivity index (χ0v) is 16.8. The predicted octanol–water partition coefficient (Wildman–Crippen LogP) is 4.03. The molecule has 1 heterocycles. The number of rotatable bonds is 4. The molecule has 28 heavy (non-hydrogen) atoms. The van der Waals surface area contributed by atoms with E-state index in [1.165, 1.54) is 28.6 Å². The standard InChI is InChI=1S/C20H20ClN3O3S/c21-19-13-17(9-8-16(19)14-22)23-20(25)15-6-5-7-18(12-15)28(26,27)24-10-3-1-2-4-11-24/h5-9,12-13H,1-4,10-11H2,(H,23,25).